The van der Waals surface area contributed by atoms with Gasteiger partial charge in [-0.3, -0.25) is 0 Å². The predicted molar refractivity (Wildman–Crippen MR) is 133 cm³/mol. The Morgan fingerprint density at radius 1 is 0.900 bits per heavy atom. The van der Waals surface area contributed by atoms with Gasteiger partial charge in [0.15, 0.2) is 0 Å². The summed E-state index contributed by atoms with van der Waals surface area (Å²) in [6, 6.07) is 13.8. The Morgan fingerprint density at radius 3 is 2.23 bits per heavy atom. The summed E-state index contributed by atoms with van der Waals surface area (Å²) in [7, 11) is 0. The van der Waals surface area contributed by atoms with Crippen LogP contribution in [0, 0.1) is 0 Å². The van der Waals surface area contributed by atoms with E-state index in [0.717, 1.165) is 3.63 Å². The van der Waals surface area contributed by atoms with Crippen molar-refractivity contribution in [3.8, 4) is 11.1 Å². The van der Waals surface area contributed by atoms with Crippen molar-refractivity contribution in [2.45, 2.75) is 54.2 Å². The molecule has 0 saturated carbocycles. The van der Waals surface area contributed by atoms with Gasteiger partial charge in [0.05, 0.1) is 0 Å². The van der Waals surface area contributed by atoms with Gasteiger partial charge < -0.3 is 0 Å². The zero-order valence-electron chi connectivity index (χ0n) is 18.8. The molecule has 2 aromatic rings. The summed E-state index contributed by atoms with van der Waals surface area (Å²) in [6.45, 7) is 14.4. The maximum atomic E-state index is 2.63. The normalized spacial score (nSPS) is 21.0. The van der Waals surface area contributed by atoms with Crippen LogP contribution in [0.2, 0.25) is 3.63 Å². The van der Waals surface area contributed by atoms with E-state index in [1.54, 1.807) is 50.1 Å². The molecule has 0 saturated heterocycles. The molecule has 0 aliphatic heterocycles. The summed E-state index contributed by atoms with van der Waals surface area (Å²) in [5.41, 5.74) is 15.9. The van der Waals surface area contributed by atoms with Crippen LogP contribution in [-0.4, -0.2) is 13.8 Å². The maximum absolute atomic E-state index is 2.63. The van der Waals surface area contributed by atoms with Crippen LogP contribution in [0.25, 0.3) is 17.2 Å². The minimum atomic E-state index is -2.53. The molecule has 0 aromatic heterocycles. The number of hydrogen-bond donors (Lipinski definition) is 0. The van der Waals surface area contributed by atoms with Gasteiger partial charge in [-0.25, -0.2) is 0 Å². The van der Waals surface area contributed by atoms with Crippen molar-refractivity contribution >= 4 is 19.8 Å². The number of aryl methyl sites for hydroxylation is 1. The second kappa shape index (κ2) is 7.54. The van der Waals surface area contributed by atoms with Gasteiger partial charge in [0.25, 0.3) is 0 Å². The molecule has 0 fully saturated rings. The molecule has 5 rings (SSSR count). The summed E-state index contributed by atoms with van der Waals surface area (Å²) in [5.74, 6) is 0. The molecule has 0 spiro atoms. The summed E-state index contributed by atoms with van der Waals surface area (Å²) in [6.07, 6.45) is 8.93. The van der Waals surface area contributed by atoms with E-state index in [-0.39, 0.29) is 0 Å². The molecule has 154 valence electrons. The first kappa shape index (κ1) is 20.9. The quantitative estimate of drug-likeness (QED) is 0.476. The molecular weight excluding hydrogens is 472 g/mol. The van der Waals surface area contributed by atoms with E-state index in [2.05, 4.69) is 90.0 Å². The van der Waals surface area contributed by atoms with Crippen LogP contribution in [0.15, 0.2) is 64.8 Å². The second-order valence-corrected chi connectivity index (χ2v) is 40.2. The Balaban J connectivity index is 1.69. The van der Waals surface area contributed by atoms with Gasteiger partial charge >= 0.3 is 190 Å². The van der Waals surface area contributed by atoms with Gasteiger partial charge in [-0.05, 0) is 0 Å². The first-order valence-electron chi connectivity index (χ1n) is 11.3. The van der Waals surface area contributed by atoms with Crippen LogP contribution in [0.4, 0.5) is 0 Å². The monoisotopic (exact) mass is 502 g/mol. The van der Waals surface area contributed by atoms with E-state index >= 15 is 0 Å². The van der Waals surface area contributed by atoms with Gasteiger partial charge in [0.2, 0.25) is 0 Å². The molecule has 1 unspecified atom stereocenters. The number of benzene rings is 2. The molecule has 0 bridgehead atoms. The van der Waals surface area contributed by atoms with Crippen molar-refractivity contribution in [2.24, 2.45) is 0 Å². The van der Waals surface area contributed by atoms with Crippen LogP contribution < -0.4 is 0 Å². The van der Waals surface area contributed by atoms with E-state index in [1.807, 2.05) is 0 Å². The molecule has 0 heterocycles. The SMILES string of the molecule is CC1=C(C)[CH]([Zr-2](=[SiH2])(=[SiH2])[CH]2C=Cc3c2cc2c(c3-c3ccccc3)CCC2)C(C)=C1C. The zero-order valence-corrected chi connectivity index (χ0v) is 24.1. The Labute approximate surface area is 188 Å². The van der Waals surface area contributed by atoms with Crippen molar-refractivity contribution in [1.82, 2.24) is 0 Å². The second-order valence-electron chi connectivity index (χ2n) is 9.73. The molecule has 2 aromatic carbocycles. The van der Waals surface area contributed by atoms with Crippen molar-refractivity contribution < 1.29 is 17.5 Å². The van der Waals surface area contributed by atoms with Crippen LogP contribution in [0.5, 0.6) is 0 Å². The Kier molecular flexibility index (Phi) is 5.24. The molecule has 0 N–H and O–H groups in total. The van der Waals surface area contributed by atoms with Gasteiger partial charge in [-0.2, -0.15) is 0 Å². The van der Waals surface area contributed by atoms with Gasteiger partial charge in [0, 0.05) is 0 Å². The van der Waals surface area contributed by atoms with E-state index in [0.29, 0.717) is 3.63 Å². The third-order valence-corrected chi connectivity index (χ3v) is 27.4. The fourth-order valence-electron chi connectivity index (χ4n) is 6.34. The first-order valence-corrected chi connectivity index (χ1v) is 26.0. The van der Waals surface area contributed by atoms with E-state index < -0.39 is 17.5 Å². The zero-order chi connectivity index (χ0) is 21.2. The Hall–Kier alpha value is -1.02. The van der Waals surface area contributed by atoms with Gasteiger partial charge in [-0.1, -0.05) is 0 Å². The molecule has 3 heteroatoms. The standard InChI is InChI=1S/C18H15.C9H13.2H2Si.Zr/c1-2-6-13(7-3-1)18-16-10-4-8-14(16)12-15-9-5-11-17(15)18;1-6-5-7(2)9(4)8(6)3;;;/h1-4,6-8,10,12H,5,9,11H2;5H,1-4H3;2*1H2;/q;;;;-2. The molecule has 0 amide bonds. The fourth-order valence-corrected chi connectivity index (χ4v) is 27.3. The third-order valence-electron chi connectivity index (χ3n) is 8.13. The molecule has 1 atom stereocenters. The summed E-state index contributed by atoms with van der Waals surface area (Å²) in [4.78, 5) is 0. The average molecular weight is 504 g/mol. The van der Waals surface area contributed by atoms with E-state index in [4.69, 9.17) is 0 Å². The fraction of sp³-hybridized carbons (Fsp3) is 0.333. The molecule has 0 radical (unpaired) electrons. The topological polar surface area (TPSA) is 0 Å². The van der Waals surface area contributed by atoms with E-state index in [1.165, 1.54) is 24.8 Å². The van der Waals surface area contributed by atoms with Crippen LogP contribution in [0.3, 0.4) is 0 Å². The molecule has 0 nitrogen and oxygen atoms in total. The van der Waals surface area contributed by atoms with Crippen molar-refractivity contribution in [2.75, 3.05) is 0 Å². The molecule has 3 aliphatic rings. The molecular formula is C27H32Si2Zr-2. The van der Waals surface area contributed by atoms with Crippen LogP contribution in [-0.2, 0) is 30.3 Å². The van der Waals surface area contributed by atoms with Gasteiger partial charge in [-0.15, -0.1) is 0 Å². The van der Waals surface area contributed by atoms with E-state index in [9.17, 15) is 0 Å². The average Bonchev–Trinajstić information content (AvgIpc) is 3.42. The van der Waals surface area contributed by atoms with Crippen molar-refractivity contribution in [3.63, 3.8) is 0 Å². The summed E-state index contributed by atoms with van der Waals surface area (Å²) in [5, 5.41) is 0. The number of fused-ring (bicyclic) bond motifs is 2. The number of rotatable bonds is 3. The predicted octanol–water partition coefficient (Wildman–Crippen LogP) is 5.64. The molecule has 3 aliphatic carbocycles. The number of allylic oxidation sites excluding steroid dienone is 5. The van der Waals surface area contributed by atoms with Crippen LogP contribution >= 0.6 is 0 Å². The van der Waals surface area contributed by atoms with Crippen molar-refractivity contribution in [3.05, 3.63) is 87.0 Å². The summed E-state index contributed by atoms with van der Waals surface area (Å²) < 4.78 is 1.44. The number of hydrogen-bond acceptors (Lipinski definition) is 0. The van der Waals surface area contributed by atoms with Gasteiger partial charge in [0.1, 0.15) is 0 Å². The third kappa shape index (κ3) is 2.99. The molecule has 30 heavy (non-hydrogen) atoms. The van der Waals surface area contributed by atoms with Crippen molar-refractivity contribution in [1.29, 1.82) is 0 Å². The Morgan fingerprint density at radius 2 is 1.57 bits per heavy atom. The minimum absolute atomic E-state index is 0.688. The Bertz CT molecular complexity index is 1230. The first-order chi connectivity index (χ1) is 14.3. The summed E-state index contributed by atoms with van der Waals surface area (Å²) >= 11 is -2.53. The van der Waals surface area contributed by atoms with Crippen LogP contribution in [0.1, 0.15) is 60.0 Å².